The van der Waals surface area contributed by atoms with E-state index in [9.17, 15) is 0 Å². The second kappa shape index (κ2) is 7.41. The number of fused-ring (bicyclic) bond motifs is 1. The van der Waals surface area contributed by atoms with Crippen LogP contribution < -0.4 is 5.73 Å². The van der Waals surface area contributed by atoms with E-state index in [0.29, 0.717) is 11.8 Å². The lowest BCUT2D eigenvalue weighted by Crippen LogP contribution is -2.07. The van der Waals surface area contributed by atoms with Crippen LogP contribution in [0.3, 0.4) is 0 Å². The summed E-state index contributed by atoms with van der Waals surface area (Å²) in [5, 5.41) is 13.7. The highest BCUT2D eigenvalue weighted by Crippen LogP contribution is 2.34. The van der Waals surface area contributed by atoms with E-state index in [-0.39, 0.29) is 6.04 Å². The predicted octanol–water partition coefficient (Wildman–Crippen LogP) is 4.17. The van der Waals surface area contributed by atoms with Gasteiger partial charge in [0, 0.05) is 29.6 Å². The fourth-order valence-electron chi connectivity index (χ4n) is 3.55. The Hall–Kier alpha value is -3.91. The zero-order valence-electron chi connectivity index (χ0n) is 17.4. The minimum absolute atomic E-state index is 0.163. The summed E-state index contributed by atoms with van der Waals surface area (Å²) in [6, 6.07) is 15.6. The lowest BCUT2D eigenvalue weighted by atomic mass is 10.0. The Morgan fingerprint density at radius 1 is 1.00 bits per heavy atom. The lowest BCUT2D eigenvalue weighted by molar-refractivity contribution is 0.533. The van der Waals surface area contributed by atoms with E-state index in [0.717, 1.165) is 44.9 Å². The molecule has 8 heteroatoms. The first-order valence-corrected chi connectivity index (χ1v) is 9.99. The number of nitrogens with two attached hydrogens (primary N) is 1. The van der Waals surface area contributed by atoms with Crippen LogP contribution in [0.15, 0.2) is 59.1 Å². The van der Waals surface area contributed by atoms with Gasteiger partial charge in [-0.25, -0.2) is 9.67 Å². The van der Waals surface area contributed by atoms with Crippen LogP contribution in [0.1, 0.15) is 30.2 Å². The van der Waals surface area contributed by atoms with E-state index >= 15 is 0 Å². The zero-order valence-corrected chi connectivity index (χ0v) is 17.4. The molecule has 0 aliphatic heterocycles. The fourth-order valence-corrected chi connectivity index (χ4v) is 3.55. The number of rotatable bonds is 4. The molecule has 0 spiro atoms. The molecule has 5 rings (SSSR count). The van der Waals surface area contributed by atoms with Crippen LogP contribution >= 0.6 is 0 Å². The van der Waals surface area contributed by atoms with Crippen molar-refractivity contribution in [2.45, 2.75) is 26.8 Å². The van der Waals surface area contributed by atoms with Crippen molar-refractivity contribution in [2.24, 2.45) is 5.73 Å². The average molecular weight is 411 g/mol. The summed E-state index contributed by atoms with van der Waals surface area (Å²) in [5.74, 6) is 1.67. The summed E-state index contributed by atoms with van der Waals surface area (Å²) < 4.78 is 7.56. The van der Waals surface area contributed by atoms with Crippen molar-refractivity contribution >= 4 is 10.9 Å². The molecule has 0 amide bonds. The molecule has 4 aromatic heterocycles. The molecule has 4 heterocycles. The van der Waals surface area contributed by atoms with Gasteiger partial charge in [-0.2, -0.15) is 5.10 Å². The quantitative estimate of drug-likeness (QED) is 0.473. The maximum Gasteiger partial charge on any atom is 0.248 e. The second-order valence-corrected chi connectivity index (χ2v) is 7.51. The van der Waals surface area contributed by atoms with Gasteiger partial charge in [-0.1, -0.05) is 12.1 Å². The molecule has 154 valence electrons. The van der Waals surface area contributed by atoms with Crippen molar-refractivity contribution in [2.75, 3.05) is 0 Å². The van der Waals surface area contributed by atoms with Crippen LogP contribution in [-0.2, 0) is 0 Å². The smallest absolute Gasteiger partial charge is 0.248 e. The normalized spacial score (nSPS) is 12.4. The third-order valence-electron chi connectivity index (χ3n) is 5.07. The number of pyridine rings is 2. The van der Waals surface area contributed by atoms with Crippen LogP contribution in [0.5, 0.6) is 0 Å². The Bertz CT molecular complexity index is 1400. The molecular formula is C23H21N7O. The molecule has 1 atom stereocenters. The van der Waals surface area contributed by atoms with Gasteiger partial charge in [0.2, 0.25) is 11.8 Å². The molecule has 0 bridgehead atoms. The van der Waals surface area contributed by atoms with Gasteiger partial charge in [0.05, 0.1) is 28.7 Å². The van der Waals surface area contributed by atoms with Crippen molar-refractivity contribution in [3.63, 3.8) is 0 Å². The first-order valence-electron chi connectivity index (χ1n) is 9.99. The van der Waals surface area contributed by atoms with Crippen LogP contribution in [0.4, 0.5) is 0 Å². The Morgan fingerprint density at radius 3 is 2.58 bits per heavy atom. The third-order valence-corrected chi connectivity index (χ3v) is 5.07. The maximum absolute atomic E-state index is 6.05. The predicted molar refractivity (Wildman–Crippen MR) is 117 cm³/mol. The van der Waals surface area contributed by atoms with E-state index in [1.54, 1.807) is 13.1 Å². The molecule has 8 nitrogen and oxygen atoms in total. The summed E-state index contributed by atoms with van der Waals surface area (Å²) in [7, 11) is 0. The molecule has 0 aliphatic rings. The number of hydrogen-bond donors (Lipinski definition) is 1. The largest absolute Gasteiger partial charge is 0.421 e. The lowest BCUT2D eigenvalue weighted by Gasteiger charge is -2.10. The Morgan fingerprint density at radius 2 is 1.84 bits per heavy atom. The van der Waals surface area contributed by atoms with Crippen LogP contribution in [0, 0.1) is 13.8 Å². The van der Waals surface area contributed by atoms with Crippen molar-refractivity contribution in [1.29, 1.82) is 0 Å². The van der Waals surface area contributed by atoms with Crippen molar-refractivity contribution in [3.8, 4) is 28.5 Å². The van der Waals surface area contributed by atoms with Gasteiger partial charge in [0.15, 0.2) is 5.82 Å². The van der Waals surface area contributed by atoms with Gasteiger partial charge in [-0.3, -0.25) is 4.98 Å². The molecular weight excluding hydrogens is 390 g/mol. The summed E-state index contributed by atoms with van der Waals surface area (Å²) >= 11 is 0. The number of aromatic nitrogens is 6. The van der Waals surface area contributed by atoms with E-state index in [2.05, 4.69) is 20.3 Å². The standard InChI is InChI=1S/C23H21N7O/c1-13-6-4-9-22(26-13)30-21-11-16(20-8-5-7-19(27-20)14(2)24)10-17(18(21)12-25-30)23-29-28-15(3)31-23/h4-12,14H,24H2,1-3H3. The first-order chi connectivity index (χ1) is 15.0. The summed E-state index contributed by atoms with van der Waals surface area (Å²) in [5.41, 5.74) is 11.2. The van der Waals surface area contributed by atoms with E-state index < -0.39 is 0 Å². The minimum atomic E-state index is -0.163. The van der Waals surface area contributed by atoms with Crippen molar-refractivity contribution in [1.82, 2.24) is 29.9 Å². The first kappa shape index (κ1) is 19.1. The summed E-state index contributed by atoms with van der Waals surface area (Å²) in [6.45, 7) is 5.64. The fraction of sp³-hybridized carbons (Fsp3) is 0.174. The zero-order chi connectivity index (χ0) is 21.5. The molecule has 0 radical (unpaired) electrons. The molecule has 1 unspecified atom stereocenters. The number of aryl methyl sites for hydroxylation is 2. The Kier molecular flexibility index (Phi) is 4.56. The highest BCUT2D eigenvalue weighted by molar-refractivity contribution is 5.96. The van der Waals surface area contributed by atoms with Crippen molar-refractivity contribution < 1.29 is 4.42 Å². The molecule has 0 saturated carbocycles. The molecule has 1 aromatic carbocycles. The van der Waals surface area contributed by atoms with Gasteiger partial charge < -0.3 is 10.2 Å². The average Bonchev–Trinajstić information content (AvgIpc) is 3.39. The molecule has 0 aliphatic carbocycles. The van der Waals surface area contributed by atoms with E-state index in [1.807, 2.05) is 67.1 Å². The van der Waals surface area contributed by atoms with Crippen molar-refractivity contribution in [3.05, 3.63) is 72.0 Å². The van der Waals surface area contributed by atoms with Crippen LogP contribution in [0.2, 0.25) is 0 Å². The van der Waals surface area contributed by atoms with Gasteiger partial charge >= 0.3 is 0 Å². The topological polar surface area (TPSA) is 109 Å². The number of nitrogens with zero attached hydrogens (tertiary/aromatic N) is 6. The maximum atomic E-state index is 6.05. The third kappa shape index (κ3) is 3.47. The number of hydrogen-bond acceptors (Lipinski definition) is 7. The molecule has 0 saturated heterocycles. The van der Waals surface area contributed by atoms with Crippen LogP contribution in [0.25, 0.3) is 39.4 Å². The van der Waals surface area contributed by atoms with E-state index in [1.165, 1.54) is 0 Å². The minimum Gasteiger partial charge on any atom is -0.421 e. The molecule has 2 N–H and O–H groups in total. The molecule has 31 heavy (non-hydrogen) atoms. The molecule has 0 fully saturated rings. The summed E-state index contributed by atoms with van der Waals surface area (Å²) in [6.07, 6.45) is 1.80. The van der Waals surface area contributed by atoms with Crippen LogP contribution in [-0.4, -0.2) is 29.9 Å². The summed E-state index contributed by atoms with van der Waals surface area (Å²) in [4.78, 5) is 9.38. The highest BCUT2D eigenvalue weighted by Gasteiger charge is 2.18. The van der Waals surface area contributed by atoms with Gasteiger partial charge in [0.1, 0.15) is 0 Å². The number of benzene rings is 1. The highest BCUT2D eigenvalue weighted by atomic mass is 16.4. The Labute approximate surface area is 178 Å². The van der Waals surface area contributed by atoms with Gasteiger partial charge in [-0.15, -0.1) is 10.2 Å². The van der Waals surface area contributed by atoms with Gasteiger partial charge in [-0.05, 0) is 50.2 Å². The second-order valence-electron chi connectivity index (χ2n) is 7.51. The van der Waals surface area contributed by atoms with Gasteiger partial charge in [0.25, 0.3) is 0 Å². The molecule has 5 aromatic rings. The Balaban J connectivity index is 1.78. The van der Waals surface area contributed by atoms with E-state index in [4.69, 9.17) is 15.1 Å². The monoisotopic (exact) mass is 411 g/mol. The SMILES string of the molecule is Cc1cccc(-n2ncc3c(-c4nnc(C)o4)cc(-c4cccc(C(C)N)n4)cc32)n1.